The molecule has 1 unspecified atom stereocenters. The van der Waals surface area contributed by atoms with Gasteiger partial charge < -0.3 is 10.2 Å². The molecule has 2 amide bonds. The zero-order valence-electron chi connectivity index (χ0n) is 13.8. The Morgan fingerprint density at radius 2 is 1.88 bits per heavy atom. The second-order valence-electron chi connectivity index (χ2n) is 6.10. The van der Waals surface area contributed by atoms with Crippen molar-refractivity contribution in [2.75, 3.05) is 13.1 Å². The molecule has 1 heterocycles. The molecule has 2 aromatic rings. The monoisotopic (exact) mass is 378 g/mol. The Balaban J connectivity index is 1.63. The summed E-state index contributed by atoms with van der Waals surface area (Å²) < 4.78 is 26.6. The number of likely N-dealkylation sites (tertiary alicyclic amines) is 1. The molecular weight excluding hydrogens is 362 g/mol. The molecule has 136 valence electrons. The molecule has 0 aromatic heterocycles. The van der Waals surface area contributed by atoms with E-state index >= 15 is 0 Å². The highest BCUT2D eigenvalue weighted by Crippen LogP contribution is 2.32. The van der Waals surface area contributed by atoms with Crippen molar-refractivity contribution in [2.24, 2.45) is 0 Å². The lowest BCUT2D eigenvalue weighted by molar-refractivity contribution is -0.131. The number of carbonyl (C=O) groups excluding carboxylic acids is 2. The summed E-state index contributed by atoms with van der Waals surface area (Å²) in [5.41, 5.74) is 0.686. The molecular formula is C19H17ClF2N2O2. The van der Waals surface area contributed by atoms with E-state index in [9.17, 15) is 18.4 Å². The Morgan fingerprint density at radius 1 is 1.15 bits per heavy atom. The van der Waals surface area contributed by atoms with Gasteiger partial charge in [-0.05, 0) is 42.7 Å². The Hall–Kier alpha value is -2.47. The zero-order valence-corrected chi connectivity index (χ0v) is 14.6. The summed E-state index contributed by atoms with van der Waals surface area (Å²) in [4.78, 5) is 26.2. The second-order valence-corrected chi connectivity index (χ2v) is 6.54. The molecule has 1 fully saturated rings. The summed E-state index contributed by atoms with van der Waals surface area (Å²) in [7, 11) is 0. The van der Waals surface area contributed by atoms with Crippen LogP contribution in [0.15, 0.2) is 42.5 Å². The molecule has 26 heavy (non-hydrogen) atoms. The van der Waals surface area contributed by atoms with E-state index in [2.05, 4.69) is 5.32 Å². The number of hydrogen-bond donors (Lipinski definition) is 1. The Labute approximate surface area is 154 Å². The fourth-order valence-electron chi connectivity index (χ4n) is 3.12. The molecule has 0 spiro atoms. The molecule has 0 saturated carbocycles. The number of benzene rings is 2. The lowest BCUT2D eigenvalue weighted by Crippen LogP contribution is -2.40. The molecule has 1 aliphatic rings. The van der Waals surface area contributed by atoms with E-state index in [4.69, 9.17) is 11.6 Å². The van der Waals surface area contributed by atoms with Gasteiger partial charge in [0.1, 0.15) is 11.6 Å². The van der Waals surface area contributed by atoms with Crippen LogP contribution >= 0.6 is 11.6 Å². The standard InChI is InChI=1S/C19H17ClF2N2O2/c20-13-5-3-12(4-6-13)17-2-1-9-24(17)18(25)11-23-19(26)15-8-7-14(21)10-16(15)22/h3-8,10,17H,1-2,9,11H2,(H,23,26). The highest BCUT2D eigenvalue weighted by molar-refractivity contribution is 6.30. The number of rotatable bonds is 4. The molecule has 7 heteroatoms. The molecule has 4 nitrogen and oxygen atoms in total. The average molecular weight is 379 g/mol. The van der Waals surface area contributed by atoms with Crippen molar-refractivity contribution >= 4 is 23.4 Å². The van der Waals surface area contributed by atoms with Crippen molar-refractivity contribution in [2.45, 2.75) is 18.9 Å². The third-order valence-electron chi connectivity index (χ3n) is 4.40. The SMILES string of the molecule is O=C(NCC(=O)N1CCCC1c1ccc(Cl)cc1)c1ccc(F)cc1F. The van der Waals surface area contributed by atoms with Gasteiger partial charge in [-0.1, -0.05) is 23.7 Å². The number of carbonyl (C=O) groups is 2. The van der Waals surface area contributed by atoms with E-state index in [1.54, 1.807) is 17.0 Å². The maximum absolute atomic E-state index is 13.6. The van der Waals surface area contributed by atoms with Crippen LogP contribution in [0, 0.1) is 11.6 Å². The predicted molar refractivity (Wildman–Crippen MR) is 93.8 cm³/mol. The first-order valence-corrected chi connectivity index (χ1v) is 8.61. The summed E-state index contributed by atoms with van der Waals surface area (Å²) >= 11 is 5.90. The van der Waals surface area contributed by atoms with Crippen LogP contribution in [-0.2, 0) is 4.79 Å². The highest BCUT2D eigenvalue weighted by Gasteiger charge is 2.30. The van der Waals surface area contributed by atoms with Crippen LogP contribution in [0.1, 0.15) is 34.8 Å². The van der Waals surface area contributed by atoms with Crippen LogP contribution < -0.4 is 5.32 Å². The molecule has 0 radical (unpaired) electrons. The lowest BCUT2D eigenvalue weighted by Gasteiger charge is -2.25. The van der Waals surface area contributed by atoms with Crippen LogP contribution in [0.3, 0.4) is 0 Å². The third kappa shape index (κ3) is 4.02. The number of hydrogen-bond acceptors (Lipinski definition) is 2. The summed E-state index contributed by atoms with van der Waals surface area (Å²) in [6.07, 6.45) is 1.69. The first-order chi connectivity index (χ1) is 12.5. The van der Waals surface area contributed by atoms with Gasteiger partial charge in [-0.25, -0.2) is 8.78 Å². The third-order valence-corrected chi connectivity index (χ3v) is 4.66. The van der Waals surface area contributed by atoms with Crippen LogP contribution in [0.4, 0.5) is 8.78 Å². The summed E-state index contributed by atoms with van der Waals surface area (Å²) in [6.45, 7) is 0.340. The van der Waals surface area contributed by atoms with Crippen LogP contribution in [-0.4, -0.2) is 29.8 Å². The zero-order chi connectivity index (χ0) is 18.7. The van der Waals surface area contributed by atoms with E-state index in [0.29, 0.717) is 17.6 Å². The Kier molecular flexibility index (Phi) is 5.52. The van der Waals surface area contributed by atoms with Crippen LogP contribution in [0.2, 0.25) is 5.02 Å². The van der Waals surface area contributed by atoms with Crippen molar-refractivity contribution in [3.8, 4) is 0 Å². The summed E-state index contributed by atoms with van der Waals surface area (Å²) in [6, 6.07) is 9.92. The van der Waals surface area contributed by atoms with Gasteiger partial charge in [-0.15, -0.1) is 0 Å². The maximum Gasteiger partial charge on any atom is 0.254 e. The fraction of sp³-hybridized carbons (Fsp3) is 0.263. The van der Waals surface area contributed by atoms with Crippen LogP contribution in [0.25, 0.3) is 0 Å². The van der Waals surface area contributed by atoms with E-state index in [0.717, 1.165) is 30.5 Å². The molecule has 1 N–H and O–H groups in total. The first kappa shape index (κ1) is 18.3. The van der Waals surface area contributed by atoms with Gasteiger partial charge in [-0.3, -0.25) is 9.59 Å². The van der Waals surface area contributed by atoms with E-state index in [-0.39, 0.29) is 24.1 Å². The topological polar surface area (TPSA) is 49.4 Å². The number of halogens is 3. The molecule has 3 rings (SSSR count). The molecule has 1 aliphatic heterocycles. The fourth-order valence-corrected chi connectivity index (χ4v) is 3.25. The maximum atomic E-state index is 13.6. The van der Waals surface area contributed by atoms with E-state index in [1.807, 2.05) is 12.1 Å². The number of nitrogens with zero attached hydrogens (tertiary/aromatic N) is 1. The lowest BCUT2D eigenvalue weighted by atomic mass is 10.0. The smallest absolute Gasteiger partial charge is 0.254 e. The van der Waals surface area contributed by atoms with Gasteiger partial charge >= 0.3 is 0 Å². The molecule has 1 saturated heterocycles. The summed E-state index contributed by atoms with van der Waals surface area (Å²) in [5, 5.41) is 3.03. The van der Waals surface area contributed by atoms with Gasteiger partial charge in [0.25, 0.3) is 5.91 Å². The largest absolute Gasteiger partial charge is 0.343 e. The number of nitrogens with one attached hydrogen (secondary N) is 1. The minimum Gasteiger partial charge on any atom is -0.343 e. The quantitative estimate of drug-likeness (QED) is 0.881. The van der Waals surface area contributed by atoms with Crippen molar-refractivity contribution < 1.29 is 18.4 Å². The molecule has 2 aromatic carbocycles. The minimum atomic E-state index is -0.963. The van der Waals surface area contributed by atoms with Crippen molar-refractivity contribution in [1.82, 2.24) is 10.2 Å². The van der Waals surface area contributed by atoms with Gasteiger partial charge in [-0.2, -0.15) is 0 Å². The van der Waals surface area contributed by atoms with Gasteiger partial charge in [0.2, 0.25) is 5.91 Å². The Bertz CT molecular complexity index is 827. The van der Waals surface area contributed by atoms with Crippen molar-refractivity contribution in [3.05, 3.63) is 70.2 Å². The van der Waals surface area contributed by atoms with Gasteiger partial charge in [0.05, 0.1) is 18.2 Å². The predicted octanol–water partition coefficient (Wildman–Crippen LogP) is 3.71. The Morgan fingerprint density at radius 3 is 2.58 bits per heavy atom. The highest BCUT2D eigenvalue weighted by atomic mass is 35.5. The van der Waals surface area contributed by atoms with Gasteiger partial charge in [0, 0.05) is 17.6 Å². The number of amides is 2. The van der Waals surface area contributed by atoms with Crippen molar-refractivity contribution in [1.29, 1.82) is 0 Å². The van der Waals surface area contributed by atoms with Crippen molar-refractivity contribution in [3.63, 3.8) is 0 Å². The van der Waals surface area contributed by atoms with Crippen LogP contribution in [0.5, 0.6) is 0 Å². The molecule has 0 bridgehead atoms. The van der Waals surface area contributed by atoms with Gasteiger partial charge in [0.15, 0.2) is 0 Å². The van der Waals surface area contributed by atoms with E-state index in [1.165, 1.54) is 0 Å². The minimum absolute atomic E-state index is 0.0702. The second kappa shape index (κ2) is 7.83. The van der Waals surface area contributed by atoms with E-state index < -0.39 is 17.5 Å². The normalized spacial score (nSPS) is 16.6. The summed E-state index contributed by atoms with van der Waals surface area (Å²) in [5.74, 6) is -2.73. The first-order valence-electron chi connectivity index (χ1n) is 8.24. The molecule has 1 atom stereocenters. The molecule has 0 aliphatic carbocycles. The average Bonchev–Trinajstić information content (AvgIpc) is 3.10.